The van der Waals surface area contributed by atoms with Gasteiger partial charge in [0.1, 0.15) is 17.2 Å². The number of carbonyl (C=O) groups excluding carboxylic acids is 1. The van der Waals surface area contributed by atoms with Crippen molar-refractivity contribution >= 4 is 29.2 Å². The standard InChI is InChI=1S/C18H22N4OS/c1-13-5-6-14(2)15(9-13)21-17(23)11-24-18-10-16(19-12-20-18)22-7-3-4-8-22/h5-6,9-10,12H,3-4,7-8,11H2,1-2H3,(H,21,23). The van der Waals surface area contributed by atoms with Crippen LogP contribution in [0.5, 0.6) is 0 Å². The zero-order valence-corrected chi connectivity index (χ0v) is 14.9. The number of benzene rings is 1. The zero-order chi connectivity index (χ0) is 16.9. The molecule has 0 radical (unpaired) electrons. The average Bonchev–Trinajstić information content (AvgIpc) is 3.11. The molecule has 1 aliphatic rings. The second-order valence-electron chi connectivity index (χ2n) is 6.06. The lowest BCUT2D eigenvalue weighted by Crippen LogP contribution is -2.19. The Hall–Kier alpha value is -2.08. The van der Waals surface area contributed by atoms with E-state index < -0.39 is 0 Å². The highest BCUT2D eigenvalue weighted by molar-refractivity contribution is 7.99. The van der Waals surface area contributed by atoms with Crippen LogP contribution in [-0.4, -0.2) is 34.7 Å². The molecule has 1 N–H and O–H groups in total. The van der Waals surface area contributed by atoms with Crippen LogP contribution in [0.4, 0.5) is 11.5 Å². The van der Waals surface area contributed by atoms with Crippen LogP contribution < -0.4 is 10.2 Å². The number of rotatable bonds is 5. The van der Waals surface area contributed by atoms with E-state index in [2.05, 4.69) is 20.2 Å². The maximum Gasteiger partial charge on any atom is 0.234 e. The molecule has 0 saturated carbocycles. The maximum atomic E-state index is 12.2. The second-order valence-corrected chi connectivity index (χ2v) is 7.06. The Balaban J connectivity index is 1.58. The van der Waals surface area contributed by atoms with Crippen molar-refractivity contribution < 1.29 is 4.79 Å². The van der Waals surface area contributed by atoms with Crippen molar-refractivity contribution in [3.63, 3.8) is 0 Å². The first-order chi connectivity index (χ1) is 11.6. The minimum atomic E-state index is -0.0185. The Morgan fingerprint density at radius 1 is 1.21 bits per heavy atom. The lowest BCUT2D eigenvalue weighted by atomic mass is 10.1. The molecule has 1 aliphatic heterocycles. The highest BCUT2D eigenvalue weighted by Gasteiger charge is 2.14. The first-order valence-electron chi connectivity index (χ1n) is 8.19. The predicted octanol–water partition coefficient (Wildman–Crippen LogP) is 3.42. The molecular formula is C18H22N4OS. The summed E-state index contributed by atoms with van der Waals surface area (Å²) in [7, 11) is 0. The summed E-state index contributed by atoms with van der Waals surface area (Å²) < 4.78 is 0. The number of thioether (sulfide) groups is 1. The lowest BCUT2D eigenvalue weighted by molar-refractivity contribution is -0.113. The van der Waals surface area contributed by atoms with Gasteiger partial charge in [-0.05, 0) is 43.9 Å². The monoisotopic (exact) mass is 342 g/mol. The number of hydrogen-bond donors (Lipinski definition) is 1. The van der Waals surface area contributed by atoms with Gasteiger partial charge in [-0.2, -0.15) is 0 Å². The summed E-state index contributed by atoms with van der Waals surface area (Å²) in [6.45, 7) is 6.11. The van der Waals surface area contributed by atoms with E-state index in [0.29, 0.717) is 5.75 Å². The molecule has 2 aromatic rings. The Bertz CT molecular complexity index is 729. The van der Waals surface area contributed by atoms with E-state index in [4.69, 9.17) is 0 Å². The fourth-order valence-electron chi connectivity index (χ4n) is 2.72. The molecule has 6 heteroatoms. The van der Waals surface area contributed by atoms with Gasteiger partial charge in [0, 0.05) is 24.8 Å². The molecule has 24 heavy (non-hydrogen) atoms. The Kier molecular flexibility index (Phi) is 5.35. The van der Waals surface area contributed by atoms with E-state index in [1.165, 1.54) is 24.6 Å². The van der Waals surface area contributed by atoms with Gasteiger partial charge in [0.25, 0.3) is 0 Å². The molecule has 126 valence electrons. The number of anilines is 2. The first-order valence-corrected chi connectivity index (χ1v) is 9.17. The molecule has 0 aliphatic carbocycles. The molecule has 0 spiro atoms. The summed E-state index contributed by atoms with van der Waals surface area (Å²) in [5.41, 5.74) is 3.08. The van der Waals surface area contributed by atoms with E-state index in [1.54, 1.807) is 6.33 Å². The molecule has 0 atom stereocenters. The fraction of sp³-hybridized carbons (Fsp3) is 0.389. The number of amides is 1. The van der Waals surface area contributed by atoms with Gasteiger partial charge in [-0.25, -0.2) is 9.97 Å². The van der Waals surface area contributed by atoms with E-state index in [1.807, 2.05) is 38.1 Å². The van der Waals surface area contributed by atoms with Crippen LogP contribution in [0.1, 0.15) is 24.0 Å². The summed E-state index contributed by atoms with van der Waals surface area (Å²) in [5, 5.41) is 3.81. The molecule has 1 aromatic carbocycles. The van der Waals surface area contributed by atoms with Crippen LogP contribution in [0.2, 0.25) is 0 Å². The SMILES string of the molecule is Cc1ccc(C)c(NC(=O)CSc2cc(N3CCCC3)ncn2)c1. The number of aromatic nitrogens is 2. The van der Waals surface area contributed by atoms with Gasteiger partial charge in [-0.15, -0.1) is 0 Å². The Labute approximate surface area is 146 Å². The third kappa shape index (κ3) is 4.26. The van der Waals surface area contributed by atoms with E-state index in [9.17, 15) is 4.79 Å². The van der Waals surface area contributed by atoms with Gasteiger partial charge in [-0.3, -0.25) is 4.79 Å². The van der Waals surface area contributed by atoms with Crippen molar-refractivity contribution in [1.82, 2.24) is 9.97 Å². The van der Waals surface area contributed by atoms with Gasteiger partial charge in [0.2, 0.25) is 5.91 Å². The quantitative estimate of drug-likeness (QED) is 0.666. The number of aryl methyl sites for hydroxylation is 2. The minimum absolute atomic E-state index is 0.0185. The third-order valence-electron chi connectivity index (χ3n) is 4.08. The smallest absolute Gasteiger partial charge is 0.234 e. The lowest BCUT2D eigenvalue weighted by Gasteiger charge is -2.16. The number of carbonyl (C=O) groups is 1. The van der Waals surface area contributed by atoms with E-state index >= 15 is 0 Å². The van der Waals surface area contributed by atoms with Gasteiger partial charge in [-0.1, -0.05) is 23.9 Å². The molecule has 1 amide bonds. The summed E-state index contributed by atoms with van der Waals surface area (Å²) in [4.78, 5) is 23.1. The number of hydrogen-bond acceptors (Lipinski definition) is 5. The molecule has 1 fully saturated rings. The zero-order valence-electron chi connectivity index (χ0n) is 14.1. The van der Waals surface area contributed by atoms with Crippen LogP contribution in [0, 0.1) is 13.8 Å². The minimum Gasteiger partial charge on any atom is -0.356 e. The average molecular weight is 342 g/mol. The van der Waals surface area contributed by atoms with Crippen LogP contribution >= 0.6 is 11.8 Å². The largest absolute Gasteiger partial charge is 0.356 e. The summed E-state index contributed by atoms with van der Waals surface area (Å²) in [5.74, 6) is 1.28. The third-order valence-corrected chi connectivity index (χ3v) is 5.00. The van der Waals surface area contributed by atoms with Gasteiger partial charge >= 0.3 is 0 Å². The van der Waals surface area contributed by atoms with Crippen LogP contribution in [-0.2, 0) is 4.79 Å². The van der Waals surface area contributed by atoms with Gasteiger partial charge in [0.15, 0.2) is 0 Å². The van der Waals surface area contributed by atoms with Crippen molar-refractivity contribution in [2.45, 2.75) is 31.7 Å². The fourth-order valence-corrected chi connectivity index (χ4v) is 3.39. The van der Waals surface area contributed by atoms with Crippen molar-refractivity contribution in [3.8, 4) is 0 Å². The topological polar surface area (TPSA) is 58.1 Å². The van der Waals surface area contributed by atoms with Crippen molar-refractivity contribution in [2.75, 3.05) is 29.1 Å². The molecular weight excluding hydrogens is 320 g/mol. The molecule has 5 nitrogen and oxygen atoms in total. The highest BCUT2D eigenvalue weighted by Crippen LogP contribution is 2.23. The Morgan fingerprint density at radius 3 is 2.79 bits per heavy atom. The molecule has 0 bridgehead atoms. The van der Waals surface area contributed by atoms with E-state index in [-0.39, 0.29) is 5.91 Å². The maximum absolute atomic E-state index is 12.2. The van der Waals surface area contributed by atoms with Crippen LogP contribution in [0.15, 0.2) is 35.6 Å². The van der Waals surface area contributed by atoms with Gasteiger partial charge < -0.3 is 10.2 Å². The van der Waals surface area contributed by atoms with Crippen molar-refractivity contribution in [2.24, 2.45) is 0 Å². The normalized spacial score (nSPS) is 14.0. The molecule has 0 unspecified atom stereocenters. The molecule has 3 rings (SSSR count). The molecule has 1 saturated heterocycles. The molecule has 1 aromatic heterocycles. The summed E-state index contributed by atoms with van der Waals surface area (Å²) in [6, 6.07) is 8.03. The second kappa shape index (κ2) is 7.66. The predicted molar refractivity (Wildman–Crippen MR) is 98.7 cm³/mol. The van der Waals surface area contributed by atoms with Crippen molar-refractivity contribution in [3.05, 3.63) is 41.7 Å². The summed E-state index contributed by atoms with van der Waals surface area (Å²) in [6.07, 6.45) is 4.01. The highest BCUT2D eigenvalue weighted by atomic mass is 32.2. The van der Waals surface area contributed by atoms with Crippen molar-refractivity contribution in [1.29, 1.82) is 0 Å². The Morgan fingerprint density at radius 2 is 2.00 bits per heavy atom. The van der Waals surface area contributed by atoms with E-state index in [0.717, 1.165) is 40.7 Å². The molecule has 2 heterocycles. The van der Waals surface area contributed by atoms with Gasteiger partial charge in [0.05, 0.1) is 5.75 Å². The van der Waals surface area contributed by atoms with Crippen LogP contribution in [0.3, 0.4) is 0 Å². The number of nitrogens with zero attached hydrogens (tertiary/aromatic N) is 3. The summed E-state index contributed by atoms with van der Waals surface area (Å²) >= 11 is 1.44. The van der Waals surface area contributed by atoms with Crippen LogP contribution in [0.25, 0.3) is 0 Å². The number of nitrogens with one attached hydrogen (secondary N) is 1. The first kappa shape index (κ1) is 16.8.